The second-order valence-corrected chi connectivity index (χ2v) is 2.82. The third kappa shape index (κ3) is 1.37. The Morgan fingerprint density at radius 3 is 2.79 bits per heavy atom. The van der Waals surface area contributed by atoms with Crippen LogP contribution in [0.2, 0.25) is 0 Å². The summed E-state index contributed by atoms with van der Waals surface area (Å²) in [5, 5.41) is 9.51. The van der Waals surface area contributed by atoms with E-state index in [-0.39, 0.29) is 11.6 Å². The van der Waals surface area contributed by atoms with Gasteiger partial charge in [0.1, 0.15) is 5.75 Å². The van der Waals surface area contributed by atoms with E-state index in [1.807, 2.05) is 0 Å². The monoisotopic (exact) mass is 188 g/mol. The van der Waals surface area contributed by atoms with Crippen LogP contribution >= 0.6 is 0 Å². The molecule has 0 saturated heterocycles. The van der Waals surface area contributed by atoms with Crippen molar-refractivity contribution in [3.05, 3.63) is 36.3 Å². The SMILES string of the molecule is O=Cc1ncc(-c2ccccc2O)[nH]1. The first-order valence-electron chi connectivity index (χ1n) is 4.10. The van der Waals surface area contributed by atoms with Crippen molar-refractivity contribution in [1.82, 2.24) is 9.97 Å². The number of imidazole rings is 1. The van der Waals surface area contributed by atoms with Gasteiger partial charge in [0.15, 0.2) is 12.1 Å². The number of rotatable bonds is 2. The lowest BCUT2D eigenvalue weighted by atomic mass is 10.1. The summed E-state index contributed by atoms with van der Waals surface area (Å²) in [6.45, 7) is 0. The lowest BCUT2D eigenvalue weighted by Crippen LogP contribution is -1.82. The van der Waals surface area contributed by atoms with Crippen LogP contribution in [0, 0.1) is 0 Å². The topological polar surface area (TPSA) is 66.0 Å². The highest BCUT2D eigenvalue weighted by Gasteiger charge is 2.05. The number of hydrogen-bond donors (Lipinski definition) is 2. The zero-order chi connectivity index (χ0) is 9.97. The molecule has 14 heavy (non-hydrogen) atoms. The molecule has 4 nitrogen and oxygen atoms in total. The second kappa shape index (κ2) is 3.33. The minimum Gasteiger partial charge on any atom is -0.507 e. The molecule has 70 valence electrons. The Labute approximate surface area is 80.2 Å². The molecule has 2 aromatic rings. The number of phenolic OH excluding ortho intramolecular Hbond substituents is 1. The van der Waals surface area contributed by atoms with Gasteiger partial charge < -0.3 is 10.1 Å². The average Bonchev–Trinajstić information content (AvgIpc) is 2.67. The molecule has 0 atom stereocenters. The van der Waals surface area contributed by atoms with Crippen LogP contribution in [0.25, 0.3) is 11.3 Å². The molecular weight excluding hydrogens is 180 g/mol. The van der Waals surface area contributed by atoms with Crippen LogP contribution in [0.1, 0.15) is 10.6 Å². The number of para-hydroxylation sites is 1. The summed E-state index contributed by atoms with van der Waals surface area (Å²) in [6, 6.07) is 6.86. The molecule has 0 saturated carbocycles. The predicted molar refractivity (Wildman–Crippen MR) is 51.1 cm³/mol. The molecule has 0 spiro atoms. The summed E-state index contributed by atoms with van der Waals surface area (Å²) in [5.41, 5.74) is 1.26. The number of hydrogen-bond acceptors (Lipinski definition) is 3. The standard InChI is InChI=1S/C10H8N2O2/c13-6-10-11-5-8(12-10)7-3-1-2-4-9(7)14/h1-6,14H,(H,11,12). The van der Waals surface area contributed by atoms with Crippen molar-refractivity contribution >= 4 is 6.29 Å². The Morgan fingerprint density at radius 1 is 1.36 bits per heavy atom. The van der Waals surface area contributed by atoms with Gasteiger partial charge in [0.25, 0.3) is 0 Å². The number of carbonyl (C=O) groups is 1. The fraction of sp³-hybridized carbons (Fsp3) is 0. The number of nitrogens with zero attached hydrogens (tertiary/aromatic N) is 1. The number of aldehydes is 1. The summed E-state index contributed by atoms with van der Waals surface area (Å²) < 4.78 is 0. The maximum atomic E-state index is 10.4. The molecule has 2 N–H and O–H groups in total. The average molecular weight is 188 g/mol. The Bertz CT molecular complexity index is 463. The van der Waals surface area contributed by atoms with E-state index in [0.717, 1.165) is 0 Å². The van der Waals surface area contributed by atoms with Gasteiger partial charge in [0.05, 0.1) is 11.9 Å². The largest absolute Gasteiger partial charge is 0.507 e. The van der Waals surface area contributed by atoms with Crippen LogP contribution in [0.15, 0.2) is 30.5 Å². The van der Waals surface area contributed by atoms with Crippen molar-refractivity contribution in [2.75, 3.05) is 0 Å². The van der Waals surface area contributed by atoms with Crippen molar-refractivity contribution in [2.45, 2.75) is 0 Å². The number of aromatic hydroxyl groups is 1. The van der Waals surface area contributed by atoms with E-state index in [9.17, 15) is 9.90 Å². The third-order valence-electron chi connectivity index (χ3n) is 1.90. The molecular formula is C10H8N2O2. The van der Waals surface area contributed by atoms with Gasteiger partial charge in [0.2, 0.25) is 0 Å². The van der Waals surface area contributed by atoms with Crippen molar-refractivity contribution in [3.63, 3.8) is 0 Å². The molecule has 0 aliphatic carbocycles. The highest BCUT2D eigenvalue weighted by molar-refractivity contribution is 5.73. The van der Waals surface area contributed by atoms with E-state index in [1.165, 1.54) is 6.20 Å². The van der Waals surface area contributed by atoms with Crippen molar-refractivity contribution in [2.24, 2.45) is 0 Å². The highest BCUT2D eigenvalue weighted by Crippen LogP contribution is 2.26. The van der Waals surface area contributed by atoms with Gasteiger partial charge in [-0.05, 0) is 12.1 Å². The highest BCUT2D eigenvalue weighted by atomic mass is 16.3. The minimum absolute atomic E-state index is 0.161. The minimum atomic E-state index is 0.161. The first-order chi connectivity index (χ1) is 6.81. The molecule has 0 radical (unpaired) electrons. The first-order valence-corrected chi connectivity index (χ1v) is 4.10. The molecule has 1 aromatic carbocycles. The molecule has 0 unspecified atom stereocenters. The second-order valence-electron chi connectivity index (χ2n) is 2.82. The molecule has 0 aliphatic heterocycles. The van der Waals surface area contributed by atoms with Crippen LogP contribution in [0.5, 0.6) is 5.75 Å². The van der Waals surface area contributed by atoms with Crippen LogP contribution in [-0.4, -0.2) is 21.4 Å². The number of nitrogens with one attached hydrogen (secondary N) is 1. The molecule has 2 rings (SSSR count). The quantitative estimate of drug-likeness (QED) is 0.703. The number of H-pyrrole nitrogens is 1. The zero-order valence-electron chi connectivity index (χ0n) is 7.27. The molecule has 0 bridgehead atoms. The van der Waals surface area contributed by atoms with E-state index in [2.05, 4.69) is 9.97 Å². The lowest BCUT2D eigenvalue weighted by Gasteiger charge is -1.99. The lowest BCUT2D eigenvalue weighted by molar-refractivity contribution is 0.111. The first kappa shape index (κ1) is 8.50. The maximum absolute atomic E-state index is 10.4. The number of benzene rings is 1. The van der Waals surface area contributed by atoms with Crippen molar-refractivity contribution in [3.8, 4) is 17.0 Å². The van der Waals surface area contributed by atoms with Gasteiger partial charge in [-0.15, -0.1) is 0 Å². The van der Waals surface area contributed by atoms with Gasteiger partial charge in [-0.1, -0.05) is 12.1 Å². The van der Waals surface area contributed by atoms with Gasteiger partial charge >= 0.3 is 0 Å². The summed E-state index contributed by atoms with van der Waals surface area (Å²) in [5.74, 6) is 0.414. The molecule has 1 heterocycles. The Balaban J connectivity index is 2.49. The summed E-state index contributed by atoms with van der Waals surface area (Å²) in [6.07, 6.45) is 2.14. The molecule has 0 amide bonds. The van der Waals surface area contributed by atoms with Gasteiger partial charge in [-0.2, -0.15) is 0 Å². The Morgan fingerprint density at radius 2 is 2.14 bits per heavy atom. The molecule has 1 aromatic heterocycles. The van der Waals surface area contributed by atoms with Gasteiger partial charge in [-0.25, -0.2) is 4.98 Å². The zero-order valence-corrected chi connectivity index (χ0v) is 7.27. The van der Waals surface area contributed by atoms with Gasteiger partial charge in [-0.3, -0.25) is 4.79 Å². The molecule has 0 fully saturated rings. The van der Waals surface area contributed by atoms with E-state index in [0.29, 0.717) is 17.5 Å². The normalized spacial score (nSPS) is 10.0. The number of aromatic nitrogens is 2. The van der Waals surface area contributed by atoms with Crippen LogP contribution in [-0.2, 0) is 0 Å². The number of aromatic amines is 1. The van der Waals surface area contributed by atoms with E-state index >= 15 is 0 Å². The summed E-state index contributed by atoms with van der Waals surface area (Å²) >= 11 is 0. The fourth-order valence-corrected chi connectivity index (χ4v) is 1.23. The van der Waals surface area contributed by atoms with E-state index in [4.69, 9.17) is 0 Å². The van der Waals surface area contributed by atoms with Crippen molar-refractivity contribution < 1.29 is 9.90 Å². The van der Waals surface area contributed by atoms with E-state index < -0.39 is 0 Å². The number of carbonyl (C=O) groups excluding carboxylic acids is 1. The Hall–Kier alpha value is -2.10. The molecule has 0 aliphatic rings. The van der Waals surface area contributed by atoms with Gasteiger partial charge in [0, 0.05) is 5.56 Å². The molecule has 4 heteroatoms. The fourth-order valence-electron chi connectivity index (χ4n) is 1.23. The van der Waals surface area contributed by atoms with Crippen LogP contribution in [0.4, 0.5) is 0 Å². The summed E-state index contributed by atoms with van der Waals surface area (Å²) in [7, 11) is 0. The van der Waals surface area contributed by atoms with Crippen molar-refractivity contribution in [1.29, 1.82) is 0 Å². The summed E-state index contributed by atoms with van der Waals surface area (Å²) in [4.78, 5) is 17.0. The smallest absolute Gasteiger partial charge is 0.185 e. The third-order valence-corrected chi connectivity index (χ3v) is 1.90. The van der Waals surface area contributed by atoms with Crippen LogP contribution < -0.4 is 0 Å². The maximum Gasteiger partial charge on any atom is 0.185 e. The van der Waals surface area contributed by atoms with E-state index in [1.54, 1.807) is 24.3 Å². The Kier molecular flexibility index (Phi) is 2.02. The predicted octanol–water partition coefficient (Wildman–Crippen LogP) is 1.59. The van der Waals surface area contributed by atoms with Crippen LogP contribution in [0.3, 0.4) is 0 Å². The number of phenols is 1.